The van der Waals surface area contributed by atoms with Gasteiger partial charge in [-0.3, -0.25) is 4.79 Å². The highest BCUT2D eigenvalue weighted by Gasteiger charge is 2.29. The maximum atomic E-state index is 15.0. The zero-order valence-electron chi connectivity index (χ0n) is 15.3. The van der Waals surface area contributed by atoms with Gasteiger partial charge in [0.2, 0.25) is 5.91 Å². The minimum absolute atomic E-state index is 0.0308. The molecule has 0 bridgehead atoms. The number of hydrogen-bond acceptors (Lipinski definition) is 1. The van der Waals surface area contributed by atoms with Crippen molar-refractivity contribution in [3.05, 3.63) is 71.3 Å². The summed E-state index contributed by atoms with van der Waals surface area (Å²) in [5.41, 5.74) is 3.12. The molecule has 3 aromatic rings. The van der Waals surface area contributed by atoms with Crippen LogP contribution in [-0.2, 0) is 31.2 Å². The van der Waals surface area contributed by atoms with Gasteiger partial charge in [0.25, 0.3) is 0 Å². The molecule has 1 unspecified atom stereocenters. The Morgan fingerprint density at radius 1 is 1.26 bits per heavy atom. The largest absolute Gasteiger partial charge is 0.354 e. The molecule has 1 heterocycles. The van der Waals surface area contributed by atoms with Gasteiger partial charge in [0.05, 0.1) is 0 Å². The molecule has 1 aromatic heterocycles. The van der Waals surface area contributed by atoms with Gasteiger partial charge in [0.1, 0.15) is 11.7 Å². The summed E-state index contributed by atoms with van der Waals surface area (Å²) in [4.78, 5) is 14.4. The summed E-state index contributed by atoms with van der Waals surface area (Å²) in [7, 11) is 2.03. The van der Waals surface area contributed by atoms with E-state index in [9.17, 15) is 4.79 Å². The highest BCUT2D eigenvalue weighted by Crippen LogP contribution is 2.28. The number of carbonyl (C=O) groups excluding carboxylic acids is 1. The van der Waals surface area contributed by atoms with Gasteiger partial charge in [-0.1, -0.05) is 36.4 Å². The van der Waals surface area contributed by atoms with E-state index < -0.39 is 0 Å². The molecule has 0 N–H and O–H groups in total. The molecule has 0 fully saturated rings. The van der Waals surface area contributed by atoms with Crippen LogP contribution in [0, 0.1) is 5.82 Å². The highest BCUT2D eigenvalue weighted by atomic mass is 35.5. The Morgan fingerprint density at radius 3 is 2.89 bits per heavy atom. The van der Waals surface area contributed by atoms with Gasteiger partial charge in [-0.2, -0.15) is 0 Å². The fraction of sp³-hybridized carbons (Fsp3) is 0.318. The zero-order valence-corrected chi connectivity index (χ0v) is 16.0. The Morgan fingerprint density at radius 2 is 2.07 bits per heavy atom. The summed E-state index contributed by atoms with van der Waals surface area (Å²) in [6.45, 7) is 0.243. The second-order valence-corrected chi connectivity index (χ2v) is 7.48. The van der Waals surface area contributed by atoms with E-state index in [2.05, 4.69) is 16.8 Å². The summed E-state index contributed by atoms with van der Waals surface area (Å²) in [6.07, 6.45) is 4.63. The van der Waals surface area contributed by atoms with E-state index in [0.29, 0.717) is 10.9 Å². The molecule has 140 valence electrons. The van der Waals surface area contributed by atoms with Crippen LogP contribution in [-0.4, -0.2) is 27.3 Å². The SMILES string of the molecule is Cn1ccc2c1CC(N(Cc1ccc3ccccc3c1F)C(=O)CCl)CC2. The minimum atomic E-state index is -0.254. The van der Waals surface area contributed by atoms with Crippen molar-refractivity contribution in [2.24, 2.45) is 7.05 Å². The van der Waals surface area contributed by atoms with Crippen LogP contribution in [0.3, 0.4) is 0 Å². The van der Waals surface area contributed by atoms with Crippen LogP contribution in [0.25, 0.3) is 10.8 Å². The summed E-state index contributed by atoms with van der Waals surface area (Å²) in [5, 5.41) is 1.45. The van der Waals surface area contributed by atoms with Gasteiger partial charge >= 0.3 is 0 Å². The molecule has 0 saturated heterocycles. The van der Waals surface area contributed by atoms with Gasteiger partial charge in [0.15, 0.2) is 0 Å². The highest BCUT2D eigenvalue weighted by molar-refractivity contribution is 6.27. The molecule has 0 radical (unpaired) electrons. The topological polar surface area (TPSA) is 25.2 Å². The van der Waals surface area contributed by atoms with E-state index in [4.69, 9.17) is 11.6 Å². The number of carbonyl (C=O) groups is 1. The molecule has 1 atom stereocenters. The van der Waals surface area contributed by atoms with Crippen molar-refractivity contribution < 1.29 is 9.18 Å². The second kappa shape index (κ2) is 7.35. The van der Waals surface area contributed by atoms with Gasteiger partial charge in [0, 0.05) is 48.9 Å². The number of halogens is 2. The van der Waals surface area contributed by atoms with E-state index in [0.717, 1.165) is 24.6 Å². The molecule has 27 heavy (non-hydrogen) atoms. The predicted octanol–water partition coefficient (Wildman–Crippen LogP) is 4.44. The predicted molar refractivity (Wildman–Crippen MR) is 106 cm³/mol. The first kappa shape index (κ1) is 18.1. The number of rotatable bonds is 4. The smallest absolute Gasteiger partial charge is 0.238 e. The van der Waals surface area contributed by atoms with Crippen LogP contribution in [0.1, 0.15) is 23.2 Å². The Bertz CT molecular complexity index is 997. The van der Waals surface area contributed by atoms with Crippen LogP contribution in [0.2, 0.25) is 0 Å². The Balaban J connectivity index is 1.65. The summed E-state index contributed by atoms with van der Waals surface area (Å²) in [6, 6.07) is 13.3. The lowest BCUT2D eigenvalue weighted by atomic mass is 9.91. The van der Waals surface area contributed by atoms with Gasteiger partial charge in [-0.25, -0.2) is 4.39 Å². The van der Waals surface area contributed by atoms with Crippen molar-refractivity contribution in [1.82, 2.24) is 9.47 Å². The summed E-state index contributed by atoms with van der Waals surface area (Å²) >= 11 is 5.89. The fourth-order valence-electron chi connectivity index (χ4n) is 4.11. The quantitative estimate of drug-likeness (QED) is 0.610. The lowest BCUT2D eigenvalue weighted by Gasteiger charge is -2.35. The van der Waals surface area contributed by atoms with Crippen LogP contribution in [0.5, 0.6) is 0 Å². The molecule has 0 spiro atoms. The maximum absolute atomic E-state index is 15.0. The summed E-state index contributed by atoms with van der Waals surface area (Å²) in [5.74, 6) is -0.492. The first-order valence-corrected chi connectivity index (χ1v) is 9.76. The molecule has 3 nitrogen and oxygen atoms in total. The van der Waals surface area contributed by atoms with Crippen molar-refractivity contribution in [2.45, 2.75) is 31.8 Å². The Hall–Kier alpha value is -2.33. The second-order valence-electron chi connectivity index (χ2n) is 7.21. The van der Waals surface area contributed by atoms with Crippen LogP contribution >= 0.6 is 11.6 Å². The van der Waals surface area contributed by atoms with E-state index in [1.54, 1.807) is 17.0 Å². The third-order valence-electron chi connectivity index (χ3n) is 5.63. The molecule has 4 rings (SSSR count). The molecular formula is C22H22ClFN2O. The molecule has 1 amide bonds. The van der Waals surface area contributed by atoms with E-state index >= 15 is 4.39 Å². The van der Waals surface area contributed by atoms with Gasteiger partial charge in [-0.15, -0.1) is 11.6 Å². The first-order chi connectivity index (χ1) is 13.1. The molecule has 0 saturated carbocycles. The molecule has 1 aliphatic rings. The van der Waals surface area contributed by atoms with Crippen LogP contribution < -0.4 is 0 Å². The standard InChI is InChI=1S/C22H22ClFN2O/c1-25-11-10-16-8-9-18(12-20(16)25)26(21(27)13-23)14-17-7-6-15-4-2-3-5-19(15)22(17)24/h2-7,10-11,18H,8-9,12-14H2,1H3. The number of alkyl halides is 1. The number of aryl methyl sites for hydroxylation is 2. The Kier molecular flexibility index (Phi) is 4.92. The third kappa shape index (κ3) is 3.34. The minimum Gasteiger partial charge on any atom is -0.354 e. The number of aromatic nitrogens is 1. The zero-order chi connectivity index (χ0) is 19.0. The molecule has 1 aliphatic carbocycles. The first-order valence-electron chi connectivity index (χ1n) is 9.23. The van der Waals surface area contributed by atoms with E-state index in [-0.39, 0.29) is 30.2 Å². The number of benzene rings is 2. The molecular weight excluding hydrogens is 363 g/mol. The van der Waals surface area contributed by atoms with Crippen molar-refractivity contribution in [1.29, 1.82) is 0 Å². The average Bonchev–Trinajstić information content (AvgIpc) is 3.07. The van der Waals surface area contributed by atoms with Crippen LogP contribution in [0.15, 0.2) is 48.7 Å². The van der Waals surface area contributed by atoms with Gasteiger partial charge in [-0.05, 0) is 29.9 Å². The normalized spacial score (nSPS) is 16.3. The molecule has 5 heteroatoms. The van der Waals surface area contributed by atoms with Crippen molar-refractivity contribution in [2.75, 3.05) is 5.88 Å². The lowest BCUT2D eigenvalue weighted by molar-refractivity contribution is -0.131. The van der Waals surface area contributed by atoms with Gasteiger partial charge < -0.3 is 9.47 Å². The van der Waals surface area contributed by atoms with Crippen molar-refractivity contribution in [3.63, 3.8) is 0 Å². The van der Waals surface area contributed by atoms with E-state index in [1.165, 1.54) is 11.3 Å². The molecule has 2 aromatic carbocycles. The number of nitrogens with zero attached hydrogens (tertiary/aromatic N) is 2. The number of fused-ring (bicyclic) bond motifs is 2. The molecule has 0 aliphatic heterocycles. The Labute approximate surface area is 163 Å². The third-order valence-corrected chi connectivity index (χ3v) is 5.86. The average molecular weight is 385 g/mol. The van der Waals surface area contributed by atoms with Crippen molar-refractivity contribution >= 4 is 28.3 Å². The fourth-order valence-corrected chi connectivity index (χ4v) is 4.27. The summed E-state index contributed by atoms with van der Waals surface area (Å²) < 4.78 is 17.2. The number of hydrogen-bond donors (Lipinski definition) is 0. The maximum Gasteiger partial charge on any atom is 0.238 e. The number of amides is 1. The van der Waals surface area contributed by atoms with E-state index in [1.807, 2.05) is 31.3 Å². The van der Waals surface area contributed by atoms with Crippen LogP contribution in [0.4, 0.5) is 4.39 Å². The van der Waals surface area contributed by atoms with Crippen molar-refractivity contribution in [3.8, 4) is 0 Å². The monoisotopic (exact) mass is 384 g/mol. The lowest BCUT2D eigenvalue weighted by Crippen LogP contribution is -2.44.